The van der Waals surface area contributed by atoms with Crippen LogP contribution >= 0.6 is 0 Å². The summed E-state index contributed by atoms with van der Waals surface area (Å²) in [4.78, 5) is 10.1. The van der Waals surface area contributed by atoms with Gasteiger partial charge in [0.05, 0.1) is 19.7 Å². The molecule has 1 aromatic carbocycles. The molecular weight excluding hydrogens is 334 g/mol. The van der Waals surface area contributed by atoms with Crippen LogP contribution in [0.2, 0.25) is 0 Å². The summed E-state index contributed by atoms with van der Waals surface area (Å²) in [6.07, 6.45) is 8.47. The second-order valence-electron chi connectivity index (χ2n) is 9.27. The van der Waals surface area contributed by atoms with Crippen molar-refractivity contribution in [2.75, 3.05) is 26.7 Å². The fraction of sp³-hybridized carbons (Fsp3) is 0.696. The molecule has 3 unspecified atom stereocenters. The van der Waals surface area contributed by atoms with Crippen LogP contribution < -0.4 is 4.74 Å². The zero-order valence-electron chi connectivity index (χ0n) is 16.8. The van der Waals surface area contributed by atoms with E-state index in [4.69, 9.17) is 9.73 Å². The highest BCUT2D eigenvalue weighted by atomic mass is 16.5. The van der Waals surface area contributed by atoms with Gasteiger partial charge >= 0.3 is 0 Å². The molecule has 3 fully saturated rings. The van der Waals surface area contributed by atoms with Gasteiger partial charge < -0.3 is 14.5 Å². The van der Waals surface area contributed by atoms with E-state index in [2.05, 4.69) is 41.0 Å². The van der Waals surface area contributed by atoms with E-state index >= 15 is 0 Å². The Hall–Kier alpha value is -1.71. The molecule has 1 aromatic rings. The first kappa shape index (κ1) is 17.4. The van der Waals surface area contributed by atoms with Crippen molar-refractivity contribution in [2.45, 2.75) is 57.5 Å². The molecule has 0 amide bonds. The number of hydrogen-bond acceptors (Lipinski definition) is 4. The van der Waals surface area contributed by atoms with Gasteiger partial charge in [0.2, 0.25) is 0 Å². The highest BCUT2D eigenvalue weighted by Crippen LogP contribution is 2.49. The van der Waals surface area contributed by atoms with Crippen LogP contribution in [0, 0.1) is 17.8 Å². The molecule has 2 aliphatic heterocycles. The normalized spacial score (nSPS) is 34.3. The average molecular weight is 368 g/mol. The minimum atomic E-state index is 0.554. The van der Waals surface area contributed by atoms with Crippen molar-refractivity contribution in [1.29, 1.82) is 0 Å². The van der Waals surface area contributed by atoms with Gasteiger partial charge in [-0.2, -0.15) is 0 Å². The zero-order valence-corrected chi connectivity index (χ0v) is 16.8. The standard InChI is InChI=1S/C23H33N3O/c1-16-14-24-23-25(10-9-20-12-18-3-6-19(20)11-18)21(15-26(16)23)13-17-4-7-22(27-2)8-5-17/h4-5,7-8,16,18-21H,3,6,9-15H2,1-2H3/t16-,18?,19?,20?,21-/m0/s1. The summed E-state index contributed by atoms with van der Waals surface area (Å²) >= 11 is 0. The number of fused-ring (bicyclic) bond motifs is 3. The van der Waals surface area contributed by atoms with E-state index in [1.807, 2.05) is 0 Å². The van der Waals surface area contributed by atoms with Gasteiger partial charge in [-0.15, -0.1) is 0 Å². The molecule has 0 aromatic heterocycles. The third-order valence-electron chi connectivity index (χ3n) is 7.65. The van der Waals surface area contributed by atoms with Gasteiger partial charge in [0.1, 0.15) is 5.75 Å². The summed E-state index contributed by atoms with van der Waals surface area (Å²) in [5, 5.41) is 0. The Labute approximate surface area is 163 Å². The number of methoxy groups -OCH3 is 1. The number of rotatable bonds is 6. The lowest BCUT2D eigenvalue weighted by Gasteiger charge is -2.29. The number of nitrogens with zero attached hydrogens (tertiary/aromatic N) is 3. The molecule has 0 spiro atoms. The number of benzene rings is 1. The van der Waals surface area contributed by atoms with E-state index in [1.54, 1.807) is 7.11 Å². The highest BCUT2D eigenvalue weighted by Gasteiger charge is 2.43. The molecule has 2 saturated carbocycles. The molecule has 4 aliphatic rings. The smallest absolute Gasteiger partial charge is 0.197 e. The molecular formula is C23H33N3O. The predicted octanol–water partition coefficient (Wildman–Crippen LogP) is 3.81. The van der Waals surface area contributed by atoms with Gasteiger partial charge in [-0.3, -0.25) is 4.99 Å². The highest BCUT2D eigenvalue weighted by molar-refractivity contribution is 5.84. The minimum absolute atomic E-state index is 0.554. The molecule has 2 heterocycles. The Morgan fingerprint density at radius 2 is 2.00 bits per heavy atom. The SMILES string of the molecule is COc1ccc(C[C@H]2CN3C(=NC[C@@H]3C)N2CCC2CC3CCC2C3)cc1. The number of hydrogen-bond donors (Lipinski definition) is 0. The van der Waals surface area contributed by atoms with Crippen LogP contribution in [0.15, 0.2) is 29.3 Å². The fourth-order valence-corrected chi connectivity index (χ4v) is 6.13. The van der Waals surface area contributed by atoms with Crippen LogP contribution in [-0.2, 0) is 6.42 Å². The molecule has 1 saturated heterocycles. The maximum Gasteiger partial charge on any atom is 0.197 e. The van der Waals surface area contributed by atoms with E-state index in [0.717, 1.165) is 43.0 Å². The predicted molar refractivity (Wildman–Crippen MR) is 109 cm³/mol. The first-order valence-electron chi connectivity index (χ1n) is 10.9. The maximum atomic E-state index is 5.32. The van der Waals surface area contributed by atoms with Gasteiger partial charge in [0.25, 0.3) is 0 Å². The van der Waals surface area contributed by atoms with Crippen molar-refractivity contribution in [2.24, 2.45) is 22.7 Å². The quantitative estimate of drug-likeness (QED) is 0.765. The lowest BCUT2D eigenvalue weighted by molar-refractivity contribution is 0.258. The van der Waals surface area contributed by atoms with Gasteiger partial charge in [-0.1, -0.05) is 18.6 Å². The van der Waals surface area contributed by atoms with Gasteiger partial charge in [-0.05, 0) is 74.5 Å². The maximum absolute atomic E-state index is 5.32. The Balaban J connectivity index is 1.28. The van der Waals surface area contributed by atoms with Crippen molar-refractivity contribution in [3.05, 3.63) is 29.8 Å². The Kier molecular flexibility index (Phi) is 4.53. The van der Waals surface area contributed by atoms with Crippen molar-refractivity contribution in [3.63, 3.8) is 0 Å². The van der Waals surface area contributed by atoms with Gasteiger partial charge in [0.15, 0.2) is 5.96 Å². The van der Waals surface area contributed by atoms with Crippen LogP contribution in [0.3, 0.4) is 0 Å². The Morgan fingerprint density at radius 1 is 1.15 bits per heavy atom. The zero-order chi connectivity index (χ0) is 18.4. The Morgan fingerprint density at radius 3 is 2.70 bits per heavy atom. The van der Waals surface area contributed by atoms with Crippen molar-refractivity contribution in [3.8, 4) is 5.75 Å². The number of guanidine groups is 1. The number of aliphatic imine (C=N–C) groups is 1. The van der Waals surface area contributed by atoms with Gasteiger partial charge in [-0.25, -0.2) is 0 Å². The summed E-state index contributed by atoms with van der Waals surface area (Å²) in [5.74, 6) is 5.27. The van der Waals surface area contributed by atoms with E-state index < -0.39 is 0 Å². The number of ether oxygens (including phenoxy) is 1. The largest absolute Gasteiger partial charge is 0.497 e. The molecule has 146 valence electrons. The van der Waals surface area contributed by atoms with Crippen molar-refractivity contribution >= 4 is 5.96 Å². The third kappa shape index (κ3) is 3.21. The second kappa shape index (κ2) is 7.03. The van der Waals surface area contributed by atoms with Crippen LogP contribution in [0.4, 0.5) is 0 Å². The first-order valence-corrected chi connectivity index (χ1v) is 10.9. The first-order chi connectivity index (χ1) is 13.2. The van der Waals surface area contributed by atoms with Crippen LogP contribution in [0.5, 0.6) is 5.75 Å². The van der Waals surface area contributed by atoms with E-state index in [0.29, 0.717) is 12.1 Å². The van der Waals surface area contributed by atoms with Crippen LogP contribution in [0.1, 0.15) is 44.6 Å². The molecule has 2 bridgehead atoms. The molecule has 0 radical (unpaired) electrons. The Bertz CT molecular complexity index is 700. The van der Waals surface area contributed by atoms with E-state index in [-0.39, 0.29) is 0 Å². The lowest BCUT2D eigenvalue weighted by atomic mass is 9.86. The molecule has 4 heteroatoms. The summed E-state index contributed by atoms with van der Waals surface area (Å²) < 4.78 is 5.32. The van der Waals surface area contributed by atoms with Crippen LogP contribution in [0.25, 0.3) is 0 Å². The summed E-state index contributed by atoms with van der Waals surface area (Å²) in [6.45, 7) is 5.61. The minimum Gasteiger partial charge on any atom is -0.497 e. The lowest BCUT2D eigenvalue weighted by Crippen LogP contribution is -2.38. The molecule has 5 atom stereocenters. The summed E-state index contributed by atoms with van der Waals surface area (Å²) in [7, 11) is 1.73. The molecule has 0 N–H and O–H groups in total. The molecule has 5 rings (SSSR count). The van der Waals surface area contributed by atoms with Gasteiger partial charge in [0, 0.05) is 19.1 Å². The molecule has 4 nitrogen and oxygen atoms in total. The van der Waals surface area contributed by atoms with Crippen molar-refractivity contribution < 1.29 is 4.74 Å². The van der Waals surface area contributed by atoms with Crippen molar-refractivity contribution in [1.82, 2.24) is 9.80 Å². The van der Waals surface area contributed by atoms with E-state index in [9.17, 15) is 0 Å². The second-order valence-corrected chi connectivity index (χ2v) is 9.27. The summed E-state index contributed by atoms with van der Waals surface area (Å²) in [6, 6.07) is 9.74. The topological polar surface area (TPSA) is 28.1 Å². The fourth-order valence-electron chi connectivity index (χ4n) is 6.13. The average Bonchev–Trinajstić information content (AvgIpc) is 3.45. The van der Waals surface area contributed by atoms with Crippen LogP contribution in [-0.4, -0.2) is 54.6 Å². The summed E-state index contributed by atoms with van der Waals surface area (Å²) in [5.41, 5.74) is 1.40. The monoisotopic (exact) mass is 367 g/mol. The molecule has 27 heavy (non-hydrogen) atoms. The third-order valence-corrected chi connectivity index (χ3v) is 7.65. The van der Waals surface area contributed by atoms with E-state index in [1.165, 1.54) is 50.2 Å². The molecule has 2 aliphatic carbocycles.